The molecule has 0 radical (unpaired) electrons. The highest BCUT2D eigenvalue weighted by atomic mass is 16.2. The average molecular weight is 289 g/mol. The summed E-state index contributed by atoms with van der Waals surface area (Å²) >= 11 is 0. The van der Waals surface area contributed by atoms with Gasteiger partial charge in [-0.15, -0.1) is 0 Å². The summed E-state index contributed by atoms with van der Waals surface area (Å²) in [5.74, 6) is -0.111. The molecule has 0 aromatic carbocycles. The first kappa shape index (κ1) is 14.3. The normalized spacial score (nSPS) is 19.4. The third-order valence-corrected chi connectivity index (χ3v) is 4.68. The molecule has 1 fully saturated rings. The summed E-state index contributed by atoms with van der Waals surface area (Å²) in [6, 6.07) is 1.84. The predicted octanol–water partition coefficient (Wildman–Crippen LogP) is 1.03. The van der Waals surface area contributed by atoms with Crippen LogP contribution in [0.5, 0.6) is 0 Å². The zero-order valence-electron chi connectivity index (χ0n) is 12.7. The van der Waals surface area contributed by atoms with Crippen LogP contribution in [0, 0.1) is 0 Å². The van der Waals surface area contributed by atoms with Crippen LogP contribution in [0.3, 0.4) is 0 Å². The van der Waals surface area contributed by atoms with Gasteiger partial charge in [-0.3, -0.25) is 9.59 Å². The van der Waals surface area contributed by atoms with E-state index >= 15 is 0 Å². The summed E-state index contributed by atoms with van der Waals surface area (Å²) in [5, 5.41) is 0. The van der Waals surface area contributed by atoms with E-state index in [1.807, 2.05) is 11.0 Å². The fourth-order valence-electron chi connectivity index (χ4n) is 3.27. The van der Waals surface area contributed by atoms with Crippen LogP contribution in [0.15, 0.2) is 10.9 Å². The number of aromatic nitrogens is 1. The predicted molar refractivity (Wildman–Crippen MR) is 81.7 cm³/mol. The molecule has 0 saturated carbocycles. The third-order valence-electron chi connectivity index (χ3n) is 4.68. The Hall–Kier alpha value is -1.62. The molecule has 1 aromatic rings. The number of fused-ring (bicyclic) bond motifs is 1. The van der Waals surface area contributed by atoms with Gasteiger partial charge in [-0.05, 0) is 43.9 Å². The van der Waals surface area contributed by atoms with Crippen LogP contribution in [0.4, 0.5) is 0 Å². The number of pyridine rings is 1. The van der Waals surface area contributed by atoms with Gasteiger partial charge < -0.3 is 14.8 Å². The molecule has 1 N–H and O–H groups in total. The number of nitrogens with zero attached hydrogens (tertiary/aromatic N) is 2. The minimum Gasteiger partial charge on any atom is -0.336 e. The lowest BCUT2D eigenvalue weighted by Crippen LogP contribution is -2.49. The smallest absolute Gasteiger partial charge is 0.261 e. The Morgan fingerprint density at radius 1 is 1.19 bits per heavy atom. The van der Waals surface area contributed by atoms with Gasteiger partial charge in [-0.1, -0.05) is 6.92 Å². The number of rotatable bonds is 2. The topological polar surface area (TPSA) is 56.4 Å². The number of likely N-dealkylation sites (N-methyl/N-ethyl adjacent to an activating group) is 1. The van der Waals surface area contributed by atoms with Crippen molar-refractivity contribution in [3.05, 3.63) is 33.2 Å². The molecule has 2 aliphatic rings. The minimum absolute atomic E-state index is 0.111. The van der Waals surface area contributed by atoms with Gasteiger partial charge >= 0.3 is 0 Å². The number of nitrogens with one attached hydrogen (secondary N) is 1. The van der Waals surface area contributed by atoms with Crippen molar-refractivity contribution in [2.75, 3.05) is 32.7 Å². The van der Waals surface area contributed by atoms with E-state index in [1.165, 1.54) is 0 Å². The van der Waals surface area contributed by atoms with Crippen LogP contribution < -0.4 is 5.56 Å². The van der Waals surface area contributed by atoms with Crippen LogP contribution in [-0.4, -0.2) is 53.4 Å². The van der Waals surface area contributed by atoms with Gasteiger partial charge in [0.25, 0.3) is 11.5 Å². The number of aryl methyl sites for hydroxylation is 2. The van der Waals surface area contributed by atoms with Gasteiger partial charge in [-0.25, -0.2) is 0 Å². The number of amides is 1. The van der Waals surface area contributed by atoms with Crippen molar-refractivity contribution in [3.63, 3.8) is 0 Å². The molecule has 1 aliphatic carbocycles. The molecule has 5 nitrogen and oxygen atoms in total. The van der Waals surface area contributed by atoms with Crippen LogP contribution in [-0.2, 0) is 12.8 Å². The largest absolute Gasteiger partial charge is 0.336 e. The van der Waals surface area contributed by atoms with Gasteiger partial charge in [0.2, 0.25) is 0 Å². The zero-order valence-corrected chi connectivity index (χ0v) is 12.7. The Morgan fingerprint density at radius 3 is 2.62 bits per heavy atom. The molecule has 1 aromatic heterocycles. The molecule has 3 rings (SSSR count). The molecular formula is C16H23N3O2. The Morgan fingerprint density at radius 2 is 1.90 bits per heavy atom. The van der Waals surface area contributed by atoms with Gasteiger partial charge in [0.15, 0.2) is 0 Å². The first-order valence-electron chi connectivity index (χ1n) is 7.95. The standard InChI is InChI=1S/C16H23N3O2/c1-2-18-7-9-19(10-8-18)16(21)13-11-12-5-3-4-6-14(12)17-15(13)20/h11H,2-10H2,1H3,(H,17,20). The lowest BCUT2D eigenvalue weighted by molar-refractivity contribution is 0.0641. The molecule has 5 heteroatoms. The van der Waals surface area contributed by atoms with E-state index in [0.29, 0.717) is 18.7 Å². The Labute approximate surface area is 124 Å². The summed E-state index contributed by atoms with van der Waals surface area (Å²) in [4.78, 5) is 31.8. The maximum absolute atomic E-state index is 12.6. The van der Waals surface area contributed by atoms with Gasteiger partial charge in [0.05, 0.1) is 0 Å². The van der Waals surface area contributed by atoms with E-state index < -0.39 is 0 Å². The first-order valence-corrected chi connectivity index (χ1v) is 7.95. The van der Waals surface area contributed by atoms with Crippen molar-refractivity contribution >= 4 is 5.91 Å². The van der Waals surface area contributed by atoms with Crippen molar-refractivity contribution in [1.82, 2.24) is 14.8 Å². The number of H-pyrrole nitrogens is 1. The molecule has 2 heterocycles. The SMILES string of the molecule is CCN1CCN(C(=O)c2cc3c([nH]c2=O)CCCC3)CC1. The number of hydrogen-bond acceptors (Lipinski definition) is 3. The summed E-state index contributed by atoms with van der Waals surface area (Å²) in [6.07, 6.45) is 4.15. The molecular weight excluding hydrogens is 266 g/mol. The molecule has 1 saturated heterocycles. The molecule has 0 spiro atoms. The summed E-state index contributed by atoms with van der Waals surface area (Å²) in [7, 11) is 0. The highest BCUT2D eigenvalue weighted by Gasteiger charge is 2.24. The van der Waals surface area contributed by atoms with Crippen LogP contribution in [0.2, 0.25) is 0 Å². The van der Waals surface area contributed by atoms with E-state index in [2.05, 4.69) is 16.8 Å². The van der Waals surface area contributed by atoms with E-state index in [-0.39, 0.29) is 11.5 Å². The number of piperazine rings is 1. The number of carbonyl (C=O) groups is 1. The third kappa shape index (κ3) is 2.88. The van der Waals surface area contributed by atoms with E-state index in [9.17, 15) is 9.59 Å². The second-order valence-electron chi connectivity index (χ2n) is 5.95. The molecule has 21 heavy (non-hydrogen) atoms. The van der Waals surface area contributed by atoms with Crippen molar-refractivity contribution in [1.29, 1.82) is 0 Å². The maximum atomic E-state index is 12.6. The van der Waals surface area contributed by atoms with Gasteiger partial charge in [0.1, 0.15) is 5.56 Å². The van der Waals surface area contributed by atoms with E-state index in [1.54, 1.807) is 0 Å². The highest BCUT2D eigenvalue weighted by Crippen LogP contribution is 2.19. The number of aromatic amines is 1. The zero-order chi connectivity index (χ0) is 14.8. The van der Waals surface area contributed by atoms with Gasteiger partial charge in [0, 0.05) is 31.9 Å². The van der Waals surface area contributed by atoms with Crippen molar-refractivity contribution < 1.29 is 4.79 Å². The number of hydrogen-bond donors (Lipinski definition) is 1. The second-order valence-corrected chi connectivity index (χ2v) is 5.95. The van der Waals surface area contributed by atoms with E-state index in [0.717, 1.165) is 56.6 Å². The van der Waals surface area contributed by atoms with Crippen molar-refractivity contribution in [2.45, 2.75) is 32.6 Å². The maximum Gasteiger partial charge on any atom is 0.261 e. The Bertz CT molecular complexity index is 586. The van der Waals surface area contributed by atoms with Crippen LogP contribution in [0.1, 0.15) is 41.4 Å². The quantitative estimate of drug-likeness (QED) is 0.885. The molecule has 0 bridgehead atoms. The van der Waals surface area contributed by atoms with Crippen molar-refractivity contribution in [2.24, 2.45) is 0 Å². The summed E-state index contributed by atoms with van der Waals surface area (Å²) < 4.78 is 0. The molecule has 1 amide bonds. The molecule has 1 aliphatic heterocycles. The fourth-order valence-corrected chi connectivity index (χ4v) is 3.27. The monoisotopic (exact) mass is 289 g/mol. The molecule has 0 atom stereocenters. The van der Waals surface area contributed by atoms with Crippen LogP contribution in [0.25, 0.3) is 0 Å². The lowest BCUT2D eigenvalue weighted by Gasteiger charge is -2.34. The van der Waals surface area contributed by atoms with Crippen molar-refractivity contribution in [3.8, 4) is 0 Å². The second kappa shape index (κ2) is 6.02. The molecule has 0 unspecified atom stereocenters. The van der Waals surface area contributed by atoms with Gasteiger partial charge in [-0.2, -0.15) is 0 Å². The fraction of sp³-hybridized carbons (Fsp3) is 0.625. The summed E-state index contributed by atoms with van der Waals surface area (Å²) in [5.41, 5.74) is 2.27. The van der Waals surface area contributed by atoms with E-state index in [4.69, 9.17) is 0 Å². The highest BCUT2D eigenvalue weighted by molar-refractivity contribution is 5.94. The summed E-state index contributed by atoms with van der Waals surface area (Å²) in [6.45, 7) is 6.36. The Balaban J connectivity index is 1.80. The lowest BCUT2D eigenvalue weighted by atomic mass is 9.95. The average Bonchev–Trinajstić information content (AvgIpc) is 2.53. The minimum atomic E-state index is -0.224. The van der Waals surface area contributed by atoms with Crippen LogP contribution >= 0.6 is 0 Å². The Kier molecular flexibility index (Phi) is 4.10. The molecule has 114 valence electrons. The number of carbonyl (C=O) groups excluding carboxylic acids is 1. The first-order chi connectivity index (χ1) is 10.2.